The van der Waals surface area contributed by atoms with Crippen molar-refractivity contribution in [2.45, 2.75) is 24.8 Å². The first-order chi connectivity index (χ1) is 12.3. The molecule has 0 unspecified atom stereocenters. The van der Waals surface area contributed by atoms with Gasteiger partial charge in [-0.1, -0.05) is 28.1 Å². The SMILES string of the molecule is CCN(Cc1cccc(F)c1)C(=O)CCNS(=O)(=O)c1ccc(Br)cc1. The number of halogens is 2. The molecule has 8 heteroatoms. The van der Waals surface area contributed by atoms with Gasteiger partial charge >= 0.3 is 0 Å². The van der Waals surface area contributed by atoms with E-state index in [1.807, 2.05) is 6.92 Å². The van der Waals surface area contributed by atoms with E-state index in [1.54, 1.807) is 29.2 Å². The molecule has 2 rings (SSSR count). The van der Waals surface area contributed by atoms with Crippen LogP contribution in [0.2, 0.25) is 0 Å². The van der Waals surface area contributed by atoms with Gasteiger partial charge in [-0.15, -0.1) is 0 Å². The zero-order valence-electron chi connectivity index (χ0n) is 14.3. The molecule has 2 aromatic rings. The molecule has 1 amide bonds. The Balaban J connectivity index is 1.91. The Bertz CT molecular complexity index is 857. The molecule has 0 heterocycles. The fraction of sp³-hybridized carbons (Fsp3) is 0.278. The summed E-state index contributed by atoms with van der Waals surface area (Å²) < 4.78 is 40.9. The summed E-state index contributed by atoms with van der Waals surface area (Å²) >= 11 is 3.25. The third kappa shape index (κ3) is 5.89. The van der Waals surface area contributed by atoms with E-state index in [0.29, 0.717) is 12.1 Å². The molecule has 0 saturated carbocycles. The fourth-order valence-electron chi connectivity index (χ4n) is 2.38. The normalized spacial score (nSPS) is 11.3. The maximum absolute atomic E-state index is 13.3. The van der Waals surface area contributed by atoms with Gasteiger partial charge in [-0.2, -0.15) is 0 Å². The standard InChI is InChI=1S/C18H20BrFN2O3S/c1-2-22(13-14-4-3-5-16(20)12-14)18(23)10-11-21-26(24,25)17-8-6-15(19)7-9-17/h3-9,12,21H,2,10-11,13H2,1H3. The van der Waals surface area contributed by atoms with Crippen LogP contribution in [0.5, 0.6) is 0 Å². The molecule has 0 saturated heterocycles. The molecule has 26 heavy (non-hydrogen) atoms. The number of rotatable bonds is 8. The van der Waals surface area contributed by atoms with E-state index in [1.165, 1.54) is 24.3 Å². The quantitative estimate of drug-likeness (QED) is 0.681. The van der Waals surface area contributed by atoms with Gasteiger partial charge in [0.1, 0.15) is 5.82 Å². The second kappa shape index (κ2) is 9.25. The topological polar surface area (TPSA) is 66.5 Å². The Labute approximate surface area is 161 Å². The van der Waals surface area contributed by atoms with Gasteiger partial charge in [-0.05, 0) is 48.9 Å². The monoisotopic (exact) mass is 442 g/mol. The zero-order valence-corrected chi connectivity index (χ0v) is 16.7. The molecule has 1 N–H and O–H groups in total. The Morgan fingerprint density at radius 3 is 2.50 bits per heavy atom. The lowest BCUT2D eigenvalue weighted by Crippen LogP contribution is -2.34. The van der Waals surface area contributed by atoms with Gasteiger partial charge < -0.3 is 4.90 Å². The summed E-state index contributed by atoms with van der Waals surface area (Å²) in [4.78, 5) is 14.0. The van der Waals surface area contributed by atoms with Crippen LogP contribution < -0.4 is 4.72 Å². The smallest absolute Gasteiger partial charge is 0.240 e. The molecule has 0 aromatic heterocycles. The highest BCUT2D eigenvalue weighted by Crippen LogP contribution is 2.14. The van der Waals surface area contributed by atoms with Crippen molar-refractivity contribution >= 4 is 31.9 Å². The van der Waals surface area contributed by atoms with Crippen molar-refractivity contribution in [2.75, 3.05) is 13.1 Å². The number of nitrogens with one attached hydrogen (secondary N) is 1. The number of sulfonamides is 1. The van der Waals surface area contributed by atoms with Crippen LogP contribution in [0.1, 0.15) is 18.9 Å². The number of amides is 1. The lowest BCUT2D eigenvalue weighted by Gasteiger charge is -2.21. The fourth-order valence-corrected chi connectivity index (χ4v) is 3.68. The molecule has 5 nitrogen and oxygen atoms in total. The van der Waals surface area contributed by atoms with Crippen molar-refractivity contribution in [2.24, 2.45) is 0 Å². The number of benzene rings is 2. The van der Waals surface area contributed by atoms with Gasteiger partial charge in [-0.3, -0.25) is 4.79 Å². The summed E-state index contributed by atoms with van der Waals surface area (Å²) in [5.74, 6) is -0.552. The van der Waals surface area contributed by atoms with Crippen molar-refractivity contribution in [3.05, 3.63) is 64.4 Å². The Hall–Kier alpha value is -1.77. The van der Waals surface area contributed by atoms with Crippen LogP contribution in [-0.4, -0.2) is 32.3 Å². The minimum absolute atomic E-state index is 0.00309. The zero-order chi connectivity index (χ0) is 19.2. The van der Waals surface area contributed by atoms with E-state index in [2.05, 4.69) is 20.7 Å². The first-order valence-corrected chi connectivity index (χ1v) is 10.4. The van der Waals surface area contributed by atoms with Crippen molar-refractivity contribution in [1.82, 2.24) is 9.62 Å². The average Bonchev–Trinajstić information content (AvgIpc) is 2.60. The first kappa shape index (κ1) is 20.5. The first-order valence-electron chi connectivity index (χ1n) is 8.09. The van der Waals surface area contributed by atoms with Gasteiger partial charge in [-0.25, -0.2) is 17.5 Å². The Morgan fingerprint density at radius 1 is 1.19 bits per heavy atom. The molecule has 0 aliphatic rings. The summed E-state index contributed by atoms with van der Waals surface area (Å²) in [5, 5.41) is 0. The summed E-state index contributed by atoms with van der Waals surface area (Å²) in [5.41, 5.74) is 0.690. The van der Waals surface area contributed by atoms with Crippen LogP contribution in [-0.2, 0) is 21.4 Å². The lowest BCUT2D eigenvalue weighted by atomic mass is 10.2. The Kier molecular flexibility index (Phi) is 7.31. The van der Waals surface area contributed by atoms with E-state index in [-0.39, 0.29) is 36.1 Å². The molecular weight excluding hydrogens is 423 g/mol. The minimum Gasteiger partial charge on any atom is -0.339 e. The maximum atomic E-state index is 13.3. The lowest BCUT2D eigenvalue weighted by molar-refractivity contribution is -0.131. The molecular formula is C18H20BrFN2O3S. The molecule has 0 spiro atoms. The number of hydrogen-bond donors (Lipinski definition) is 1. The average molecular weight is 443 g/mol. The van der Waals surface area contributed by atoms with E-state index in [4.69, 9.17) is 0 Å². The summed E-state index contributed by atoms with van der Waals surface area (Å²) in [7, 11) is -3.66. The van der Waals surface area contributed by atoms with E-state index >= 15 is 0 Å². The van der Waals surface area contributed by atoms with E-state index in [0.717, 1.165) is 4.47 Å². The third-order valence-corrected chi connectivity index (χ3v) is 5.76. The van der Waals surface area contributed by atoms with Crippen molar-refractivity contribution in [3.8, 4) is 0 Å². The summed E-state index contributed by atoms with van der Waals surface area (Å²) in [6.07, 6.45) is 0.0267. The number of nitrogens with zero attached hydrogens (tertiary/aromatic N) is 1. The largest absolute Gasteiger partial charge is 0.339 e. The molecule has 2 aromatic carbocycles. The van der Waals surface area contributed by atoms with Gasteiger partial charge in [0.25, 0.3) is 0 Å². The molecule has 0 bridgehead atoms. The molecule has 0 atom stereocenters. The van der Waals surface area contributed by atoms with Gasteiger partial charge in [0.15, 0.2) is 0 Å². The maximum Gasteiger partial charge on any atom is 0.240 e. The summed E-state index contributed by atoms with van der Waals surface area (Å²) in [6.45, 7) is 2.56. The minimum atomic E-state index is -3.66. The van der Waals surface area contributed by atoms with Crippen molar-refractivity contribution < 1.29 is 17.6 Å². The van der Waals surface area contributed by atoms with Crippen LogP contribution >= 0.6 is 15.9 Å². The van der Waals surface area contributed by atoms with Crippen LogP contribution in [0.25, 0.3) is 0 Å². The van der Waals surface area contributed by atoms with Crippen LogP contribution in [0.3, 0.4) is 0 Å². The van der Waals surface area contributed by atoms with Crippen molar-refractivity contribution in [3.63, 3.8) is 0 Å². The highest BCUT2D eigenvalue weighted by atomic mass is 79.9. The molecule has 140 valence electrons. The van der Waals surface area contributed by atoms with Gasteiger partial charge in [0.2, 0.25) is 15.9 Å². The predicted molar refractivity (Wildman–Crippen MR) is 101 cm³/mol. The summed E-state index contributed by atoms with van der Waals surface area (Å²) in [6, 6.07) is 12.3. The van der Waals surface area contributed by atoms with Crippen molar-refractivity contribution in [1.29, 1.82) is 0 Å². The highest BCUT2D eigenvalue weighted by molar-refractivity contribution is 9.10. The van der Waals surface area contributed by atoms with E-state index < -0.39 is 10.0 Å². The molecule has 0 radical (unpaired) electrons. The number of carbonyl (C=O) groups excluding carboxylic acids is 1. The van der Waals surface area contributed by atoms with Gasteiger partial charge in [0, 0.05) is 30.5 Å². The predicted octanol–water partition coefficient (Wildman–Crippen LogP) is 3.31. The molecule has 0 aliphatic heterocycles. The van der Waals surface area contributed by atoms with Crippen LogP contribution in [0, 0.1) is 5.82 Å². The third-order valence-electron chi connectivity index (χ3n) is 3.75. The highest BCUT2D eigenvalue weighted by Gasteiger charge is 2.16. The number of hydrogen-bond acceptors (Lipinski definition) is 3. The second-order valence-electron chi connectivity index (χ2n) is 5.64. The Morgan fingerprint density at radius 2 is 1.88 bits per heavy atom. The molecule has 0 aliphatic carbocycles. The van der Waals surface area contributed by atoms with Crippen LogP contribution in [0.4, 0.5) is 4.39 Å². The second-order valence-corrected chi connectivity index (χ2v) is 8.32. The van der Waals surface area contributed by atoms with Crippen LogP contribution in [0.15, 0.2) is 57.9 Å². The number of carbonyl (C=O) groups is 1. The van der Waals surface area contributed by atoms with Gasteiger partial charge in [0.05, 0.1) is 4.90 Å². The molecule has 0 fully saturated rings. The van der Waals surface area contributed by atoms with E-state index in [9.17, 15) is 17.6 Å².